The third-order valence-electron chi connectivity index (χ3n) is 4.05. The van der Waals surface area contributed by atoms with E-state index < -0.39 is 0 Å². The van der Waals surface area contributed by atoms with E-state index >= 15 is 0 Å². The molecule has 4 heterocycles. The average molecular weight is 379 g/mol. The molecule has 0 radical (unpaired) electrons. The number of pyridine rings is 1. The smallest absolute Gasteiger partial charge is 0.273 e. The van der Waals surface area contributed by atoms with Crippen LogP contribution >= 0.6 is 11.3 Å². The highest BCUT2D eigenvalue weighted by Crippen LogP contribution is 2.23. The van der Waals surface area contributed by atoms with Crippen LogP contribution in [0.25, 0.3) is 21.9 Å². The number of hydrogen-bond donors (Lipinski definition) is 1. The van der Waals surface area contributed by atoms with Crippen LogP contribution in [0, 0.1) is 6.92 Å². The second kappa shape index (κ2) is 7.55. The van der Waals surface area contributed by atoms with E-state index in [1.54, 1.807) is 35.9 Å². The van der Waals surface area contributed by atoms with Crippen LogP contribution in [0.15, 0.2) is 58.7 Å². The highest BCUT2D eigenvalue weighted by atomic mass is 32.1. The first-order chi connectivity index (χ1) is 13.2. The lowest BCUT2D eigenvalue weighted by molar-refractivity contribution is 0.0943. The monoisotopic (exact) mass is 379 g/mol. The first-order valence-electron chi connectivity index (χ1n) is 8.44. The van der Waals surface area contributed by atoms with Gasteiger partial charge in [0.15, 0.2) is 11.5 Å². The maximum absolute atomic E-state index is 12.3. The maximum Gasteiger partial charge on any atom is 0.273 e. The Labute approximate surface area is 159 Å². The van der Waals surface area contributed by atoms with E-state index in [1.807, 2.05) is 41.3 Å². The van der Waals surface area contributed by atoms with Gasteiger partial charge in [-0.2, -0.15) is 5.10 Å². The summed E-state index contributed by atoms with van der Waals surface area (Å²) in [6.07, 6.45) is 3.34. The minimum absolute atomic E-state index is 0.241. The number of nitrogens with zero attached hydrogens (tertiary/aromatic N) is 4. The summed E-state index contributed by atoms with van der Waals surface area (Å²) in [5.74, 6) is 0.231. The topological polar surface area (TPSA) is 85.8 Å². The lowest BCUT2D eigenvalue weighted by Gasteiger charge is -2.05. The lowest BCUT2D eigenvalue weighted by Crippen LogP contribution is -2.28. The molecule has 0 aliphatic carbocycles. The molecule has 4 aromatic heterocycles. The van der Waals surface area contributed by atoms with E-state index in [4.69, 9.17) is 4.52 Å². The molecule has 8 heteroatoms. The second-order valence-electron chi connectivity index (χ2n) is 5.95. The van der Waals surface area contributed by atoms with E-state index in [-0.39, 0.29) is 11.6 Å². The summed E-state index contributed by atoms with van der Waals surface area (Å²) in [5.41, 5.74) is 3.02. The first kappa shape index (κ1) is 17.2. The summed E-state index contributed by atoms with van der Waals surface area (Å²) in [7, 11) is 0. The van der Waals surface area contributed by atoms with Gasteiger partial charge in [0.05, 0.1) is 11.4 Å². The lowest BCUT2D eigenvalue weighted by atomic mass is 10.2. The fraction of sp³-hybridized carbons (Fsp3) is 0.158. The van der Waals surface area contributed by atoms with Gasteiger partial charge in [-0.05, 0) is 36.6 Å². The third-order valence-corrected chi connectivity index (χ3v) is 4.95. The molecule has 0 unspecified atom stereocenters. The molecule has 7 nitrogen and oxygen atoms in total. The van der Waals surface area contributed by atoms with Crippen LogP contribution < -0.4 is 5.32 Å². The number of hydrogen-bond acceptors (Lipinski definition) is 6. The van der Waals surface area contributed by atoms with Gasteiger partial charge in [-0.15, -0.1) is 11.3 Å². The largest absolute Gasteiger partial charge is 0.355 e. The minimum Gasteiger partial charge on any atom is -0.355 e. The van der Waals surface area contributed by atoms with E-state index in [0.29, 0.717) is 18.8 Å². The fourth-order valence-corrected chi connectivity index (χ4v) is 3.36. The van der Waals surface area contributed by atoms with Crippen LogP contribution in [0.4, 0.5) is 0 Å². The summed E-state index contributed by atoms with van der Waals surface area (Å²) in [5, 5.41) is 13.3. The molecule has 0 atom stereocenters. The Hall–Kier alpha value is -3.26. The van der Waals surface area contributed by atoms with Crippen molar-refractivity contribution in [3.63, 3.8) is 0 Å². The number of carbonyl (C=O) groups excluding carboxylic acids is 1. The van der Waals surface area contributed by atoms with Gasteiger partial charge in [-0.3, -0.25) is 14.5 Å². The Morgan fingerprint density at radius 2 is 2.22 bits per heavy atom. The molecule has 0 fully saturated rings. The molecule has 136 valence electrons. The molecule has 1 amide bonds. The minimum atomic E-state index is -0.280. The summed E-state index contributed by atoms with van der Waals surface area (Å²) in [6, 6.07) is 11.4. The summed E-state index contributed by atoms with van der Waals surface area (Å²) in [4.78, 5) is 17.4. The quantitative estimate of drug-likeness (QED) is 0.555. The molecule has 0 spiro atoms. The van der Waals surface area contributed by atoms with Crippen molar-refractivity contribution < 1.29 is 9.32 Å². The number of thiophene rings is 1. The maximum atomic E-state index is 12.3. The molecule has 0 aliphatic rings. The van der Waals surface area contributed by atoms with E-state index in [2.05, 4.69) is 20.6 Å². The molecule has 0 bridgehead atoms. The van der Waals surface area contributed by atoms with Crippen molar-refractivity contribution in [1.82, 2.24) is 25.2 Å². The van der Waals surface area contributed by atoms with Crippen molar-refractivity contribution in [1.29, 1.82) is 0 Å². The molecule has 27 heavy (non-hydrogen) atoms. The number of carbonyl (C=O) groups is 1. The third kappa shape index (κ3) is 3.80. The molecular formula is C19H17N5O2S. The Balaban J connectivity index is 1.36. The van der Waals surface area contributed by atoms with Crippen molar-refractivity contribution in [2.24, 2.45) is 0 Å². The molecular weight excluding hydrogens is 362 g/mol. The zero-order chi connectivity index (χ0) is 18.6. The molecule has 0 saturated heterocycles. The molecule has 0 aliphatic heterocycles. The van der Waals surface area contributed by atoms with Crippen LogP contribution in [0.1, 0.15) is 16.2 Å². The van der Waals surface area contributed by atoms with Gasteiger partial charge in [0.2, 0.25) is 0 Å². The van der Waals surface area contributed by atoms with Gasteiger partial charge in [0.1, 0.15) is 5.69 Å². The van der Waals surface area contributed by atoms with Crippen molar-refractivity contribution in [3.8, 4) is 21.9 Å². The van der Waals surface area contributed by atoms with Gasteiger partial charge in [-0.1, -0.05) is 11.2 Å². The summed E-state index contributed by atoms with van der Waals surface area (Å²) < 4.78 is 7.12. The van der Waals surface area contributed by atoms with Crippen molar-refractivity contribution in [2.75, 3.05) is 6.54 Å². The predicted octanol–water partition coefficient (Wildman–Crippen LogP) is 3.40. The van der Waals surface area contributed by atoms with Gasteiger partial charge < -0.3 is 9.84 Å². The van der Waals surface area contributed by atoms with Crippen molar-refractivity contribution >= 4 is 17.2 Å². The van der Waals surface area contributed by atoms with Crippen LogP contribution in [-0.4, -0.2) is 32.4 Å². The van der Waals surface area contributed by atoms with E-state index in [9.17, 15) is 4.79 Å². The zero-order valence-electron chi connectivity index (χ0n) is 14.6. The van der Waals surface area contributed by atoms with Crippen molar-refractivity contribution in [2.45, 2.75) is 13.5 Å². The SMILES string of the molecule is Cc1cc(-c2cccs2)nn1CCNC(=O)c1cc(-c2cccnc2)on1. The Kier molecular flexibility index (Phi) is 4.80. The van der Waals surface area contributed by atoms with Crippen LogP contribution in [0.2, 0.25) is 0 Å². The average Bonchev–Trinajstić information content (AvgIpc) is 3.44. The molecule has 4 rings (SSSR count). The second-order valence-corrected chi connectivity index (χ2v) is 6.89. The Bertz CT molecular complexity index is 1040. The Morgan fingerprint density at radius 3 is 3.00 bits per heavy atom. The van der Waals surface area contributed by atoms with Crippen LogP contribution in [0.3, 0.4) is 0 Å². The fourth-order valence-electron chi connectivity index (χ4n) is 2.67. The molecule has 0 aromatic carbocycles. The van der Waals surface area contributed by atoms with Gasteiger partial charge in [0, 0.05) is 36.3 Å². The number of aryl methyl sites for hydroxylation is 1. The Morgan fingerprint density at radius 1 is 1.30 bits per heavy atom. The number of aromatic nitrogens is 4. The van der Waals surface area contributed by atoms with Crippen molar-refractivity contribution in [3.05, 3.63) is 65.6 Å². The number of rotatable bonds is 6. The van der Waals surface area contributed by atoms with Gasteiger partial charge >= 0.3 is 0 Å². The van der Waals surface area contributed by atoms with Crippen LogP contribution in [0.5, 0.6) is 0 Å². The molecule has 0 saturated carbocycles. The normalized spacial score (nSPS) is 10.9. The zero-order valence-corrected chi connectivity index (χ0v) is 15.4. The number of amides is 1. The number of nitrogens with one attached hydrogen (secondary N) is 1. The standard InChI is InChI=1S/C19H17N5O2S/c1-13-10-15(18-5-3-9-27-18)22-24(13)8-7-21-19(25)16-11-17(26-23-16)14-4-2-6-20-12-14/h2-6,9-12H,7-8H2,1H3,(H,21,25). The van der Waals surface area contributed by atoms with E-state index in [1.165, 1.54) is 0 Å². The van der Waals surface area contributed by atoms with Gasteiger partial charge in [0.25, 0.3) is 5.91 Å². The predicted molar refractivity (Wildman–Crippen MR) is 102 cm³/mol. The van der Waals surface area contributed by atoms with Gasteiger partial charge in [-0.25, -0.2) is 0 Å². The van der Waals surface area contributed by atoms with E-state index in [0.717, 1.165) is 21.8 Å². The molecule has 4 aromatic rings. The summed E-state index contributed by atoms with van der Waals surface area (Å²) in [6.45, 7) is 3.03. The summed E-state index contributed by atoms with van der Waals surface area (Å²) >= 11 is 1.66. The highest BCUT2D eigenvalue weighted by molar-refractivity contribution is 7.13. The highest BCUT2D eigenvalue weighted by Gasteiger charge is 2.14. The molecule has 1 N–H and O–H groups in total. The van der Waals surface area contributed by atoms with Crippen LogP contribution in [-0.2, 0) is 6.54 Å². The first-order valence-corrected chi connectivity index (χ1v) is 9.32.